The molecular formula is C51H51N3O3S. The topological polar surface area (TPSA) is 76.4 Å². The van der Waals surface area contributed by atoms with Gasteiger partial charge in [0, 0.05) is 24.9 Å². The van der Waals surface area contributed by atoms with E-state index in [9.17, 15) is 9.90 Å². The van der Waals surface area contributed by atoms with Crippen molar-refractivity contribution in [1.29, 1.82) is 0 Å². The van der Waals surface area contributed by atoms with Crippen molar-refractivity contribution in [2.75, 3.05) is 12.3 Å². The van der Waals surface area contributed by atoms with E-state index in [0.717, 1.165) is 39.1 Å². The Kier molecular flexibility index (Phi) is 12.7. The summed E-state index contributed by atoms with van der Waals surface area (Å²) in [6.07, 6.45) is 3.37. The highest BCUT2D eigenvalue weighted by Gasteiger charge is 2.40. The fourth-order valence-electron chi connectivity index (χ4n) is 7.79. The quantitative estimate of drug-likeness (QED) is 0.0751. The molecule has 0 aliphatic rings. The summed E-state index contributed by atoms with van der Waals surface area (Å²) in [5.41, 5.74) is 5.89. The van der Waals surface area contributed by atoms with Crippen LogP contribution in [0.4, 0.5) is 0 Å². The van der Waals surface area contributed by atoms with E-state index in [4.69, 9.17) is 9.72 Å². The Morgan fingerprint density at radius 2 is 1.02 bits per heavy atom. The number of hydrogen-bond donors (Lipinski definition) is 2. The van der Waals surface area contributed by atoms with E-state index in [0.29, 0.717) is 5.75 Å². The summed E-state index contributed by atoms with van der Waals surface area (Å²) in [6, 6.07) is 61.9. The van der Waals surface area contributed by atoms with Gasteiger partial charge < -0.3 is 19.7 Å². The summed E-state index contributed by atoms with van der Waals surface area (Å²) >= 11 is 1.69. The van der Waals surface area contributed by atoms with E-state index in [-0.39, 0.29) is 13.0 Å². The number of imidazole rings is 1. The van der Waals surface area contributed by atoms with Gasteiger partial charge in [-0.3, -0.25) is 4.79 Å². The lowest BCUT2D eigenvalue weighted by atomic mass is 9.77. The smallest absolute Gasteiger partial charge is 0.324 e. The molecule has 294 valence electrons. The Balaban J connectivity index is 1.18. The van der Waals surface area contributed by atoms with E-state index in [1.54, 1.807) is 11.8 Å². The minimum absolute atomic E-state index is 0.175. The summed E-state index contributed by atoms with van der Waals surface area (Å²) in [6.45, 7) is 5.78. The summed E-state index contributed by atoms with van der Waals surface area (Å²) < 4.78 is 7.52. The number of thioether (sulfide) groups is 1. The van der Waals surface area contributed by atoms with Crippen LogP contribution in [0.2, 0.25) is 0 Å². The first-order chi connectivity index (χ1) is 28.2. The van der Waals surface area contributed by atoms with Gasteiger partial charge in [-0.25, -0.2) is 4.98 Å². The fraction of sp³-hybridized carbons (Fsp3) is 0.216. The van der Waals surface area contributed by atoms with Crippen molar-refractivity contribution in [3.05, 3.63) is 234 Å². The Hall–Kier alpha value is -5.73. The fourth-order valence-corrected chi connectivity index (χ4v) is 9.25. The van der Waals surface area contributed by atoms with Gasteiger partial charge in [0.15, 0.2) is 0 Å². The average molecular weight is 786 g/mol. The molecule has 1 heterocycles. The van der Waals surface area contributed by atoms with Gasteiger partial charge in [0.2, 0.25) is 0 Å². The Bertz CT molecular complexity index is 2120. The molecular weight excluding hydrogens is 735 g/mol. The van der Waals surface area contributed by atoms with Crippen LogP contribution in [0.1, 0.15) is 59.8 Å². The average Bonchev–Trinajstić information content (AvgIpc) is 3.73. The molecule has 0 aliphatic heterocycles. The zero-order valence-electron chi connectivity index (χ0n) is 33.3. The number of aliphatic hydroxyl groups excluding tert-OH is 1. The second-order valence-electron chi connectivity index (χ2n) is 15.5. The first kappa shape index (κ1) is 40.5. The lowest BCUT2D eigenvalue weighted by Crippen LogP contribution is -2.46. The van der Waals surface area contributed by atoms with Gasteiger partial charge in [-0.2, -0.15) is 0 Å². The molecule has 6 aromatic carbocycles. The zero-order valence-corrected chi connectivity index (χ0v) is 34.1. The van der Waals surface area contributed by atoms with Crippen molar-refractivity contribution >= 4 is 17.7 Å². The second kappa shape index (κ2) is 18.2. The molecule has 0 saturated heterocycles. The van der Waals surface area contributed by atoms with Gasteiger partial charge in [-0.15, -0.1) is 11.8 Å². The number of carbonyl (C=O) groups is 1. The van der Waals surface area contributed by atoms with Crippen LogP contribution in [0, 0.1) is 0 Å². The van der Waals surface area contributed by atoms with E-state index in [2.05, 4.69) is 155 Å². The molecule has 0 saturated carbocycles. The van der Waals surface area contributed by atoms with E-state index < -0.39 is 34.0 Å². The number of benzene rings is 6. The molecule has 0 radical (unpaired) electrons. The predicted octanol–water partition coefficient (Wildman–Crippen LogP) is 9.65. The molecule has 0 fully saturated rings. The van der Waals surface area contributed by atoms with Crippen LogP contribution < -0.4 is 5.32 Å². The molecule has 0 spiro atoms. The highest BCUT2D eigenvalue weighted by Crippen LogP contribution is 2.48. The molecule has 7 aromatic rings. The van der Waals surface area contributed by atoms with Gasteiger partial charge in [0.05, 0.1) is 22.9 Å². The SMILES string of the molecule is CC(C)(C)OC(=O)C(Cc1cn(C(c2ccccc2)(c2ccccc2)c2ccccc2)cn1)NCC(O)CSC(c1ccccc1)(c1ccccc1)c1ccccc1. The third-order valence-electron chi connectivity index (χ3n) is 10.3. The van der Waals surface area contributed by atoms with E-state index >= 15 is 0 Å². The number of aliphatic hydroxyl groups is 1. The number of ether oxygens (including phenoxy) is 1. The highest BCUT2D eigenvalue weighted by atomic mass is 32.2. The van der Waals surface area contributed by atoms with Gasteiger partial charge >= 0.3 is 5.97 Å². The van der Waals surface area contributed by atoms with Crippen molar-refractivity contribution in [2.24, 2.45) is 0 Å². The molecule has 1 aromatic heterocycles. The predicted molar refractivity (Wildman–Crippen MR) is 236 cm³/mol. The van der Waals surface area contributed by atoms with Crippen LogP contribution in [0.3, 0.4) is 0 Å². The second-order valence-corrected chi connectivity index (χ2v) is 16.8. The molecule has 7 heteroatoms. The van der Waals surface area contributed by atoms with Crippen LogP contribution >= 0.6 is 11.8 Å². The Morgan fingerprint density at radius 1 is 0.638 bits per heavy atom. The third kappa shape index (κ3) is 8.87. The number of nitrogens with zero attached hydrogens (tertiary/aromatic N) is 2. The van der Waals surface area contributed by atoms with Crippen LogP contribution in [0.5, 0.6) is 0 Å². The molecule has 0 bridgehead atoms. The van der Waals surface area contributed by atoms with Crippen LogP contribution in [-0.2, 0) is 26.2 Å². The van der Waals surface area contributed by atoms with Gasteiger partial charge in [0.25, 0.3) is 0 Å². The molecule has 2 unspecified atom stereocenters. The molecule has 2 atom stereocenters. The maximum Gasteiger partial charge on any atom is 0.324 e. The van der Waals surface area contributed by atoms with Gasteiger partial charge in [-0.05, 0) is 54.2 Å². The largest absolute Gasteiger partial charge is 0.459 e. The molecule has 6 nitrogen and oxygen atoms in total. The summed E-state index contributed by atoms with van der Waals surface area (Å²) in [5, 5.41) is 15.1. The first-order valence-electron chi connectivity index (χ1n) is 19.8. The molecule has 2 N–H and O–H groups in total. The molecule has 58 heavy (non-hydrogen) atoms. The van der Waals surface area contributed by atoms with Crippen LogP contribution in [-0.4, -0.2) is 50.7 Å². The number of hydrogen-bond acceptors (Lipinski definition) is 6. The van der Waals surface area contributed by atoms with Gasteiger partial charge in [0.1, 0.15) is 17.2 Å². The number of carbonyl (C=O) groups excluding carboxylic acids is 1. The first-order valence-corrected chi connectivity index (χ1v) is 20.8. The molecule has 0 aliphatic carbocycles. The van der Waals surface area contributed by atoms with Crippen molar-refractivity contribution in [3.8, 4) is 0 Å². The Labute approximate surface area is 347 Å². The number of rotatable bonds is 16. The highest BCUT2D eigenvalue weighted by molar-refractivity contribution is 8.00. The monoisotopic (exact) mass is 785 g/mol. The Morgan fingerprint density at radius 3 is 1.40 bits per heavy atom. The standard InChI is InChI=1S/C51H51N3O3S/c1-49(2,3)57-48(56)47(52-35-46(55)37-58-51(42-28-16-7-17-29-42,43-30-18-8-19-31-43)44-32-20-9-21-33-44)34-45-36-54(38-53-45)50(39-22-10-4-11-23-39,40-24-12-5-13-25-40)41-26-14-6-15-27-41/h4-33,36,38,46-47,52,55H,34-35,37H2,1-3H3. The summed E-state index contributed by atoms with van der Waals surface area (Å²) in [4.78, 5) is 18.8. The number of esters is 1. The molecule has 0 amide bonds. The normalized spacial score (nSPS) is 13.1. The van der Waals surface area contributed by atoms with Crippen LogP contribution in [0.25, 0.3) is 0 Å². The minimum Gasteiger partial charge on any atom is -0.459 e. The van der Waals surface area contributed by atoms with Gasteiger partial charge in [-0.1, -0.05) is 182 Å². The van der Waals surface area contributed by atoms with E-state index in [1.807, 2.05) is 69.7 Å². The number of nitrogens with one attached hydrogen (secondary N) is 1. The van der Waals surface area contributed by atoms with Crippen LogP contribution in [0.15, 0.2) is 195 Å². The summed E-state index contributed by atoms with van der Waals surface area (Å²) in [5.74, 6) is 0.00397. The lowest BCUT2D eigenvalue weighted by Gasteiger charge is -2.37. The minimum atomic E-state index is -0.787. The van der Waals surface area contributed by atoms with E-state index in [1.165, 1.54) is 0 Å². The third-order valence-corrected chi connectivity index (χ3v) is 12.0. The maximum atomic E-state index is 13.9. The van der Waals surface area contributed by atoms with Crippen molar-refractivity contribution in [2.45, 2.75) is 55.2 Å². The lowest BCUT2D eigenvalue weighted by molar-refractivity contribution is -0.157. The van der Waals surface area contributed by atoms with Crippen molar-refractivity contribution in [3.63, 3.8) is 0 Å². The van der Waals surface area contributed by atoms with Crippen molar-refractivity contribution in [1.82, 2.24) is 14.9 Å². The summed E-state index contributed by atoms with van der Waals surface area (Å²) in [7, 11) is 0. The molecule has 7 rings (SSSR count). The maximum absolute atomic E-state index is 13.9. The van der Waals surface area contributed by atoms with Crippen molar-refractivity contribution < 1.29 is 14.6 Å². The zero-order chi connectivity index (χ0) is 40.4. The number of aromatic nitrogens is 2.